The maximum absolute atomic E-state index is 12.0. The molecule has 3 N–H and O–H groups in total. The third-order valence-electron chi connectivity index (χ3n) is 4.04. The number of aromatic carboxylic acids is 1. The molecule has 2 amide bonds. The van der Waals surface area contributed by atoms with Crippen LogP contribution < -0.4 is 10.6 Å². The molecule has 1 aliphatic rings. The Morgan fingerprint density at radius 2 is 2.08 bits per heavy atom. The Morgan fingerprint density at radius 1 is 1.38 bits per heavy atom. The molecule has 0 bridgehead atoms. The Hall–Kier alpha value is -1.96. The van der Waals surface area contributed by atoms with Gasteiger partial charge in [-0.2, -0.15) is 0 Å². The number of nitrogens with zero attached hydrogens (tertiary/aromatic N) is 1. The summed E-state index contributed by atoms with van der Waals surface area (Å²) in [6, 6.07) is -0.198. The van der Waals surface area contributed by atoms with Gasteiger partial charge in [0.05, 0.1) is 5.01 Å². The van der Waals surface area contributed by atoms with Gasteiger partial charge >= 0.3 is 5.97 Å². The highest BCUT2D eigenvalue weighted by atomic mass is 32.1. The fraction of sp³-hybridized carbons (Fsp3) is 0.625. The molecule has 0 radical (unpaired) electrons. The van der Waals surface area contributed by atoms with E-state index in [9.17, 15) is 14.4 Å². The van der Waals surface area contributed by atoms with Crippen LogP contribution in [0.4, 0.5) is 0 Å². The van der Waals surface area contributed by atoms with E-state index in [1.165, 1.54) is 16.7 Å². The Kier molecular flexibility index (Phi) is 6.72. The normalized spacial score (nSPS) is 15.9. The van der Waals surface area contributed by atoms with Gasteiger partial charge in [-0.05, 0) is 19.8 Å². The molecular weight excluding hydrogens is 330 g/mol. The quantitative estimate of drug-likeness (QED) is 0.657. The van der Waals surface area contributed by atoms with Gasteiger partial charge in [0.2, 0.25) is 11.8 Å². The predicted octanol–water partition coefficient (Wildman–Crippen LogP) is 1.58. The zero-order valence-electron chi connectivity index (χ0n) is 13.7. The highest BCUT2D eigenvalue weighted by Crippen LogP contribution is 2.24. The summed E-state index contributed by atoms with van der Waals surface area (Å²) in [5, 5.41) is 16.6. The molecule has 2 rings (SSSR count). The van der Waals surface area contributed by atoms with Crippen LogP contribution in [0.5, 0.6) is 0 Å². The Balaban J connectivity index is 1.64. The number of nitrogens with one attached hydrogen (secondary N) is 2. The van der Waals surface area contributed by atoms with E-state index in [2.05, 4.69) is 15.6 Å². The van der Waals surface area contributed by atoms with Crippen LogP contribution in [-0.4, -0.2) is 40.5 Å². The van der Waals surface area contributed by atoms with E-state index in [1.807, 2.05) is 6.92 Å². The first-order valence-electron chi connectivity index (χ1n) is 8.20. The van der Waals surface area contributed by atoms with Gasteiger partial charge in [-0.1, -0.05) is 12.8 Å². The first kappa shape index (κ1) is 18.4. The number of carbonyl (C=O) groups excluding carboxylic acids is 2. The number of hydrogen-bond donors (Lipinski definition) is 3. The largest absolute Gasteiger partial charge is 0.476 e. The topological polar surface area (TPSA) is 108 Å². The SMILES string of the molecule is CC(CC(=O)NCCc1nc(C(=O)O)cs1)NC(=O)C1CCCC1. The third kappa shape index (κ3) is 5.59. The van der Waals surface area contributed by atoms with Crippen molar-refractivity contribution in [2.45, 2.75) is 51.5 Å². The number of carbonyl (C=O) groups is 3. The van der Waals surface area contributed by atoms with Crippen LogP contribution in [0, 0.1) is 5.92 Å². The highest BCUT2D eigenvalue weighted by molar-refractivity contribution is 7.09. The molecule has 1 unspecified atom stereocenters. The number of aromatic nitrogens is 1. The summed E-state index contributed by atoms with van der Waals surface area (Å²) in [5.41, 5.74) is 0.0320. The summed E-state index contributed by atoms with van der Waals surface area (Å²) in [6.07, 6.45) is 4.82. The van der Waals surface area contributed by atoms with E-state index in [1.54, 1.807) is 0 Å². The molecular formula is C16H23N3O4S. The van der Waals surface area contributed by atoms with Gasteiger partial charge in [0.25, 0.3) is 0 Å². The van der Waals surface area contributed by atoms with Gasteiger partial charge in [0.15, 0.2) is 5.69 Å². The number of hydrogen-bond acceptors (Lipinski definition) is 5. The lowest BCUT2D eigenvalue weighted by Crippen LogP contribution is -2.40. The minimum absolute atomic E-state index is 0.0320. The molecule has 1 saturated carbocycles. The Morgan fingerprint density at radius 3 is 2.71 bits per heavy atom. The van der Waals surface area contributed by atoms with Crippen LogP contribution in [0.1, 0.15) is 54.5 Å². The maximum Gasteiger partial charge on any atom is 0.355 e. The lowest BCUT2D eigenvalue weighted by atomic mass is 10.1. The second kappa shape index (κ2) is 8.77. The number of thiazole rings is 1. The van der Waals surface area contributed by atoms with Crippen LogP contribution in [0.25, 0.3) is 0 Å². The summed E-state index contributed by atoms with van der Waals surface area (Å²) in [4.78, 5) is 38.6. The minimum atomic E-state index is -1.05. The Labute approximate surface area is 144 Å². The molecule has 132 valence electrons. The molecule has 1 aliphatic carbocycles. The van der Waals surface area contributed by atoms with Crippen molar-refractivity contribution in [1.82, 2.24) is 15.6 Å². The van der Waals surface area contributed by atoms with E-state index in [0.29, 0.717) is 18.0 Å². The molecule has 7 nitrogen and oxygen atoms in total. The van der Waals surface area contributed by atoms with Gasteiger partial charge in [-0.15, -0.1) is 11.3 Å². The van der Waals surface area contributed by atoms with E-state index >= 15 is 0 Å². The molecule has 0 spiro atoms. The van der Waals surface area contributed by atoms with E-state index < -0.39 is 5.97 Å². The number of rotatable bonds is 8. The van der Waals surface area contributed by atoms with Crippen molar-refractivity contribution in [3.63, 3.8) is 0 Å². The summed E-state index contributed by atoms with van der Waals surface area (Å²) in [6.45, 7) is 2.22. The van der Waals surface area contributed by atoms with Crippen molar-refractivity contribution in [3.8, 4) is 0 Å². The summed E-state index contributed by atoms with van der Waals surface area (Å²) >= 11 is 1.27. The smallest absolute Gasteiger partial charge is 0.355 e. The van der Waals surface area contributed by atoms with Crippen LogP contribution >= 0.6 is 11.3 Å². The first-order chi connectivity index (χ1) is 11.5. The Bertz CT molecular complexity index is 596. The zero-order valence-corrected chi connectivity index (χ0v) is 14.5. The van der Waals surface area contributed by atoms with Crippen molar-refractivity contribution in [2.24, 2.45) is 5.92 Å². The van der Waals surface area contributed by atoms with Gasteiger partial charge in [0, 0.05) is 36.7 Å². The minimum Gasteiger partial charge on any atom is -0.476 e. The van der Waals surface area contributed by atoms with E-state index in [-0.39, 0.29) is 35.9 Å². The molecule has 0 aliphatic heterocycles. The third-order valence-corrected chi connectivity index (χ3v) is 4.95. The molecule has 1 aromatic heterocycles. The van der Waals surface area contributed by atoms with Crippen molar-refractivity contribution in [2.75, 3.05) is 6.54 Å². The fourth-order valence-corrected chi connectivity index (χ4v) is 3.55. The molecule has 1 aromatic rings. The zero-order chi connectivity index (χ0) is 17.5. The fourth-order valence-electron chi connectivity index (χ4n) is 2.78. The van der Waals surface area contributed by atoms with Crippen molar-refractivity contribution >= 4 is 29.1 Å². The van der Waals surface area contributed by atoms with Gasteiger partial charge < -0.3 is 15.7 Å². The second-order valence-corrected chi connectivity index (χ2v) is 7.07. The molecule has 1 fully saturated rings. The average Bonchev–Trinajstić information content (AvgIpc) is 3.18. The molecule has 0 aromatic carbocycles. The van der Waals surface area contributed by atoms with Crippen molar-refractivity contribution < 1.29 is 19.5 Å². The van der Waals surface area contributed by atoms with Crippen LogP contribution in [0.15, 0.2) is 5.38 Å². The van der Waals surface area contributed by atoms with E-state index in [4.69, 9.17) is 5.11 Å². The maximum atomic E-state index is 12.0. The predicted molar refractivity (Wildman–Crippen MR) is 90.0 cm³/mol. The van der Waals surface area contributed by atoms with Crippen LogP contribution in [0.3, 0.4) is 0 Å². The van der Waals surface area contributed by atoms with Crippen LogP contribution in [-0.2, 0) is 16.0 Å². The van der Waals surface area contributed by atoms with Crippen molar-refractivity contribution in [3.05, 3.63) is 16.1 Å². The molecule has 0 saturated heterocycles. The lowest BCUT2D eigenvalue weighted by Gasteiger charge is -2.16. The number of amides is 2. The molecule has 1 heterocycles. The summed E-state index contributed by atoms with van der Waals surface area (Å²) in [5.74, 6) is -1.03. The van der Waals surface area contributed by atoms with Gasteiger partial charge in [0.1, 0.15) is 0 Å². The van der Waals surface area contributed by atoms with Gasteiger partial charge in [-0.25, -0.2) is 9.78 Å². The monoisotopic (exact) mass is 353 g/mol. The molecule has 1 atom stereocenters. The molecule has 24 heavy (non-hydrogen) atoms. The summed E-state index contributed by atoms with van der Waals surface area (Å²) in [7, 11) is 0. The lowest BCUT2D eigenvalue weighted by molar-refractivity contribution is -0.126. The number of carboxylic acid groups (broad SMARTS) is 1. The van der Waals surface area contributed by atoms with Gasteiger partial charge in [-0.3, -0.25) is 9.59 Å². The van der Waals surface area contributed by atoms with Crippen LogP contribution in [0.2, 0.25) is 0 Å². The molecule has 8 heteroatoms. The second-order valence-electron chi connectivity index (χ2n) is 6.13. The first-order valence-corrected chi connectivity index (χ1v) is 9.08. The number of carboxylic acids is 1. The van der Waals surface area contributed by atoms with E-state index in [0.717, 1.165) is 25.7 Å². The standard InChI is InChI=1S/C16H23N3O4S/c1-10(18-15(21)11-4-2-3-5-11)8-13(20)17-7-6-14-19-12(9-24-14)16(22)23/h9-11H,2-8H2,1H3,(H,17,20)(H,18,21)(H,22,23). The average molecular weight is 353 g/mol. The highest BCUT2D eigenvalue weighted by Gasteiger charge is 2.24. The summed E-state index contributed by atoms with van der Waals surface area (Å²) < 4.78 is 0. The van der Waals surface area contributed by atoms with Crippen molar-refractivity contribution in [1.29, 1.82) is 0 Å².